The van der Waals surface area contributed by atoms with Crippen molar-refractivity contribution in [1.82, 2.24) is 10.2 Å². The van der Waals surface area contributed by atoms with Crippen LogP contribution in [0.3, 0.4) is 0 Å². The van der Waals surface area contributed by atoms with E-state index in [2.05, 4.69) is 5.32 Å². The van der Waals surface area contributed by atoms with Crippen LogP contribution in [-0.4, -0.2) is 51.4 Å². The van der Waals surface area contributed by atoms with Gasteiger partial charge in [-0.1, -0.05) is 24.3 Å². The lowest BCUT2D eigenvalue weighted by Gasteiger charge is -2.27. The molecule has 0 bridgehead atoms. The van der Waals surface area contributed by atoms with E-state index >= 15 is 0 Å². The zero-order valence-electron chi connectivity index (χ0n) is 18.3. The van der Waals surface area contributed by atoms with Gasteiger partial charge in [0.25, 0.3) is 5.91 Å². The van der Waals surface area contributed by atoms with E-state index in [4.69, 9.17) is 10.5 Å². The van der Waals surface area contributed by atoms with E-state index in [0.717, 1.165) is 0 Å². The highest BCUT2D eigenvalue weighted by Gasteiger charge is 2.38. The van der Waals surface area contributed by atoms with Crippen molar-refractivity contribution in [1.29, 1.82) is 0 Å². The molecule has 1 saturated heterocycles. The number of hydrogen-bond acceptors (Lipinski definition) is 5. The van der Waals surface area contributed by atoms with E-state index in [0.29, 0.717) is 55.8 Å². The highest BCUT2D eigenvalue weighted by atomic mass is 31.2. The molecule has 3 rings (SSSR count). The summed E-state index contributed by atoms with van der Waals surface area (Å²) < 4.78 is 17.7. The number of nitrogens with two attached hydrogens (primary N) is 1. The van der Waals surface area contributed by atoms with E-state index in [1.165, 1.54) is 4.90 Å². The Labute approximate surface area is 193 Å². The Hall–Kier alpha value is -2.71. The summed E-state index contributed by atoms with van der Waals surface area (Å²) in [6.07, 6.45) is 2.24. The van der Waals surface area contributed by atoms with Crippen LogP contribution in [0, 0.1) is 0 Å². The Bertz CT molecular complexity index is 997. The first kappa shape index (κ1) is 24.9. The smallest absolute Gasteiger partial charge is 0.347 e. The van der Waals surface area contributed by atoms with Crippen molar-refractivity contribution in [3.8, 4) is 11.5 Å². The van der Waals surface area contributed by atoms with Crippen LogP contribution in [0.4, 0.5) is 0 Å². The second-order valence-electron chi connectivity index (χ2n) is 8.00. The molecule has 0 spiro atoms. The Kier molecular flexibility index (Phi) is 8.63. The molecule has 1 aliphatic heterocycles. The van der Waals surface area contributed by atoms with Crippen LogP contribution in [0.15, 0.2) is 54.6 Å². The molecule has 0 radical (unpaired) electrons. The molecule has 1 aliphatic rings. The van der Waals surface area contributed by atoms with Crippen molar-refractivity contribution >= 4 is 19.4 Å². The summed E-state index contributed by atoms with van der Waals surface area (Å²) in [5, 5.41) is 2.48. The summed E-state index contributed by atoms with van der Waals surface area (Å²) in [6, 6.07) is 15.1. The molecular formula is C23H30N3O6P. The third-order valence-corrected chi connectivity index (χ3v) is 6.72. The quantitative estimate of drug-likeness (QED) is 0.306. The number of carbonyl (C=O) groups is 2. The largest absolute Gasteiger partial charge is 0.457 e. The third-order valence-electron chi connectivity index (χ3n) is 5.52. The number of carbonyl (C=O) groups excluding carboxylic acids is 2. The molecule has 0 saturated carbocycles. The highest BCUT2D eigenvalue weighted by Crippen LogP contribution is 2.42. The van der Waals surface area contributed by atoms with Crippen LogP contribution >= 0.6 is 7.60 Å². The van der Waals surface area contributed by atoms with Gasteiger partial charge in [-0.15, -0.1) is 0 Å². The van der Waals surface area contributed by atoms with Gasteiger partial charge in [0.2, 0.25) is 5.91 Å². The first-order valence-electron chi connectivity index (χ1n) is 11.0. The number of unbranched alkanes of at least 4 members (excludes halogenated alkanes) is 1. The van der Waals surface area contributed by atoms with Crippen molar-refractivity contribution < 1.29 is 28.7 Å². The Morgan fingerprint density at radius 2 is 1.85 bits per heavy atom. The number of likely N-dealkylation sites (tertiary alicyclic amines) is 1. The van der Waals surface area contributed by atoms with E-state index in [1.807, 2.05) is 18.2 Å². The minimum Gasteiger partial charge on any atom is -0.457 e. The van der Waals surface area contributed by atoms with Crippen molar-refractivity contribution in [2.45, 2.75) is 43.9 Å². The number of amides is 2. The van der Waals surface area contributed by atoms with Crippen LogP contribution in [0.1, 0.15) is 42.5 Å². The Morgan fingerprint density at radius 3 is 2.55 bits per heavy atom. The SMILES string of the molecule is NCCCCC(NC(=O)C1CCCN1C(=O)c1cccc(Oc2ccccc2)c1)P(=O)(O)O. The molecule has 2 amide bonds. The van der Waals surface area contributed by atoms with E-state index in [1.54, 1.807) is 36.4 Å². The van der Waals surface area contributed by atoms with Gasteiger partial charge in [-0.25, -0.2) is 0 Å². The molecule has 2 aromatic rings. The van der Waals surface area contributed by atoms with E-state index in [9.17, 15) is 23.9 Å². The van der Waals surface area contributed by atoms with Gasteiger partial charge in [-0.05, 0) is 69.0 Å². The molecule has 0 aliphatic carbocycles. The zero-order valence-corrected chi connectivity index (χ0v) is 19.2. The maximum atomic E-state index is 13.2. The second-order valence-corrected chi connectivity index (χ2v) is 9.80. The van der Waals surface area contributed by atoms with Gasteiger partial charge >= 0.3 is 7.60 Å². The van der Waals surface area contributed by atoms with Crippen LogP contribution in [0.25, 0.3) is 0 Å². The first-order chi connectivity index (χ1) is 15.8. The van der Waals surface area contributed by atoms with Crippen LogP contribution in [-0.2, 0) is 9.36 Å². The molecule has 10 heteroatoms. The lowest BCUT2D eigenvalue weighted by atomic mass is 10.1. The minimum absolute atomic E-state index is 0.118. The van der Waals surface area contributed by atoms with Gasteiger partial charge in [0.15, 0.2) is 0 Å². The molecule has 33 heavy (non-hydrogen) atoms. The number of nitrogens with one attached hydrogen (secondary N) is 1. The topological polar surface area (TPSA) is 142 Å². The fourth-order valence-electron chi connectivity index (χ4n) is 3.83. The molecule has 9 nitrogen and oxygen atoms in total. The van der Waals surface area contributed by atoms with Gasteiger partial charge in [-0.3, -0.25) is 14.2 Å². The predicted octanol–water partition coefficient (Wildman–Crippen LogP) is 2.83. The average Bonchev–Trinajstić information content (AvgIpc) is 3.28. The molecule has 178 valence electrons. The van der Waals surface area contributed by atoms with Crippen LogP contribution < -0.4 is 15.8 Å². The Balaban J connectivity index is 1.70. The standard InChI is InChI=1S/C23H30N3O6P/c24-14-5-4-13-21(33(29,30)31)25-22(27)20-12-7-15-26(20)23(28)17-8-6-11-19(16-17)32-18-9-2-1-3-10-18/h1-3,6,8-11,16,20-21H,4-5,7,12-15,24H2,(H,25,27)(H2,29,30,31). The molecule has 1 heterocycles. The summed E-state index contributed by atoms with van der Waals surface area (Å²) in [5.41, 5.74) is 5.82. The number of para-hydroxylation sites is 1. The number of ether oxygens (including phenoxy) is 1. The maximum Gasteiger partial charge on any atom is 0.347 e. The molecule has 0 aromatic heterocycles. The van der Waals surface area contributed by atoms with Gasteiger partial charge in [0, 0.05) is 12.1 Å². The second kappa shape index (κ2) is 11.4. The molecule has 2 aromatic carbocycles. The van der Waals surface area contributed by atoms with Crippen molar-refractivity contribution in [3.63, 3.8) is 0 Å². The third kappa shape index (κ3) is 6.88. The number of benzene rings is 2. The first-order valence-corrected chi connectivity index (χ1v) is 12.7. The van der Waals surface area contributed by atoms with Gasteiger partial charge < -0.3 is 30.5 Å². The van der Waals surface area contributed by atoms with Gasteiger partial charge in [0.1, 0.15) is 23.3 Å². The highest BCUT2D eigenvalue weighted by molar-refractivity contribution is 7.52. The molecule has 5 N–H and O–H groups in total. The molecule has 2 unspecified atom stereocenters. The maximum absolute atomic E-state index is 13.2. The minimum atomic E-state index is -4.54. The summed E-state index contributed by atoms with van der Waals surface area (Å²) >= 11 is 0. The summed E-state index contributed by atoms with van der Waals surface area (Å²) in [7, 11) is -4.54. The summed E-state index contributed by atoms with van der Waals surface area (Å²) in [6.45, 7) is 0.786. The van der Waals surface area contributed by atoms with Crippen LogP contribution in [0.2, 0.25) is 0 Å². The number of rotatable bonds is 10. The van der Waals surface area contributed by atoms with Gasteiger partial charge in [-0.2, -0.15) is 0 Å². The lowest BCUT2D eigenvalue weighted by Crippen LogP contribution is -2.48. The summed E-state index contributed by atoms with van der Waals surface area (Å²) in [5.74, 6) is -1.05. The van der Waals surface area contributed by atoms with Crippen molar-refractivity contribution in [2.24, 2.45) is 5.73 Å². The van der Waals surface area contributed by atoms with E-state index in [-0.39, 0.29) is 12.3 Å². The molecular weight excluding hydrogens is 445 g/mol. The lowest BCUT2D eigenvalue weighted by molar-refractivity contribution is -0.125. The fraction of sp³-hybridized carbons (Fsp3) is 0.391. The number of hydrogen-bond donors (Lipinski definition) is 4. The zero-order chi connectivity index (χ0) is 23.8. The monoisotopic (exact) mass is 475 g/mol. The van der Waals surface area contributed by atoms with Gasteiger partial charge in [0.05, 0.1) is 0 Å². The van der Waals surface area contributed by atoms with Crippen LogP contribution in [0.5, 0.6) is 11.5 Å². The molecule has 1 fully saturated rings. The van der Waals surface area contributed by atoms with E-state index < -0.39 is 25.3 Å². The fourth-order valence-corrected chi connectivity index (χ4v) is 4.65. The van der Waals surface area contributed by atoms with Crippen molar-refractivity contribution in [3.05, 3.63) is 60.2 Å². The average molecular weight is 475 g/mol. The Morgan fingerprint density at radius 1 is 1.12 bits per heavy atom. The summed E-state index contributed by atoms with van der Waals surface area (Å²) in [4.78, 5) is 46.8. The molecule has 2 atom stereocenters. The normalized spacial score (nSPS) is 16.9. The number of nitrogens with zero attached hydrogens (tertiary/aromatic N) is 1. The van der Waals surface area contributed by atoms with Crippen molar-refractivity contribution in [2.75, 3.05) is 13.1 Å². The predicted molar refractivity (Wildman–Crippen MR) is 124 cm³/mol.